The number of halogens is 2. The molecule has 110 valence electrons. The average molecular weight is 372 g/mol. The van der Waals surface area contributed by atoms with E-state index in [-0.39, 0.29) is 12.3 Å². The number of rotatable bonds is 4. The number of aliphatic hydroxyl groups excluding tert-OH is 1. The highest BCUT2D eigenvalue weighted by molar-refractivity contribution is 9.10. The molecular weight excluding hydrogens is 360 g/mol. The maximum absolute atomic E-state index is 12.2. The number of ether oxygens (including phenoxy) is 1. The lowest BCUT2D eigenvalue weighted by Crippen LogP contribution is -2.14. The molecule has 0 saturated carbocycles. The highest BCUT2D eigenvalue weighted by atomic mass is 79.9. The van der Waals surface area contributed by atoms with Crippen molar-refractivity contribution in [3.05, 3.63) is 51.2 Å². The van der Waals surface area contributed by atoms with Gasteiger partial charge < -0.3 is 15.2 Å². The number of nitrogens with one attached hydrogen (secondary N) is 1. The van der Waals surface area contributed by atoms with Crippen molar-refractivity contribution in [1.82, 2.24) is 4.98 Å². The van der Waals surface area contributed by atoms with Gasteiger partial charge in [-0.25, -0.2) is 0 Å². The van der Waals surface area contributed by atoms with Crippen LogP contribution >= 0.6 is 27.5 Å². The monoisotopic (exact) mass is 370 g/mol. The average Bonchev–Trinajstić information content (AvgIpc) is 2.51. The third kappa shape index (κ3) is 3.53. The Morgan fingerprint density at radius 3 is 2.95 bits per heavy atom. The van der Waals surface area contributed by atoms with Crippen molar-refractivity contribution in [2.75, 3.05) is 12.4 Å². The van der Waals surface area contributed by atoms with Crippen LogP contribution in [0.3, 0.4) is 0 Å². The van der Waals surface area contributed by atoms with Gasteiger partial charge in [-0.05, 0) is 28.1 Å². The van der Waals surface area contributed by atoms with E-state index in [0.29, 0.717) is 26.5 Å². The quantitative estimate of drug-likeness (QED) is 0.865. The van der Waals surface area contributed by atoms with Gasteiger partial charge in [0.1, 0.15) is 11.4 Å². The highest BCUT2D eigenvalue weighted by Crippen LogP contribution is 2.30. The Morgan fingerprint density at radius 1 is 1.52 bits per heavy atom. The first-order valence-electron chi connectivity index (χ1n) is 5.96. The molecule has 0 atom stereocenters. The molecule has 1 amide bonds. The summed E-state index contributed by atoms with van der Waals surface area (Å²) in [6.45, 7) is -0.213. The fourth-order valence-corrected chi connectivity index (χ4v) is 2.22. The fourth-order valence-electron chi connectivity index (χ4n) is 1.68. The van der Waals surface area contributed by atoms with Crippen molar-refractivity contribution in [3.63, 3.8) is 0 Å². The van der Waals surface area contributed by atoms with Crippen LogP contribution < -0.4 is 10.1 Å². The lowest BCUT2D eigenvalue weighted by molar-refractivity contribution is 0.102. The molecule has 0 aliphatic carbocycles. The van der Waals surface area contributed by atoms with E-state index in [9.17, 15) is 4.79 Å². The maximum atomic E-state index is 12.2. The van der Waals surface area contributed by atoms with Gasteiger partial charge in [0.05, 0.1) is 24.4 Å². The van der Waals surface area contributed by atoms with E-state index in [1.165, 1.54) is 19.4 Å². The van der Waals surface area contributed by atoms with E-state index in [1.807, 2.05) is 0 Å². The van der Waals surface area contributed by atoms with Gasteiger partial charge >= 0.3 is 0 Å². The van der Waals surface area contributed by atoms with Crippen LogP contribution in [0.15, 0.2) is 34.9 Å². The number of hydrogen-bond donors (Lipinski definition) is 2. The number of aliphatic hydroxyl groups is 1. The molecule has 2 aromatic rings. The summed E-state index contributed by atoms with van der Waals surface area (Å²) in [5, 5.41) is 12.2. The highest BCUT2D eigenvalue weighted by Gasteiger charge is 2.14. The van der Waals surface area contributed by atoms with Crippen LogP contribution in [0.25, 0.3) is 0 Å². The molecule has 0 aliphatic heterocycles. The topological polar surface area (TPSA) is 71.5 Å². The Morgan fingerprint density at radius 2 is 2.29 bits per heavy atom. The van der Waals surface area contributed by atoms with E-state index in [4.69, 9.17) is 21.4 Å². The van der Waals surface area contributed by atoms with Gasteiger partial charge in [-0.2, -0.15) is 0 Å². The van der Waals surface area contributed by atoms with E-state index in [0.717, 1.165) is 0 Å². The van der Waals surface area contributed by atoms with Gasteiger partial charge in [0.25, 0.3) is 5.91 Å². The maximum Gasteiger partial charge on any atom is 0.274 e. The minimum Gasteiger partial charge on any atom is -0.496 e. The van der Waals surface area contributed by atoms with Crippen LogP contribution in [-0.4, -0.2) is 23.1 Å². The number of nitrogens with zero attached hydrogens (tertiary/aromatic N) is 1. The van der Waals surface area contributed by atoms with Gasteiger partial charge in [-0.1, -0.05) is 17.7 Å². The second-order valence-corrected chi connectivity index (χ2v) is 5.33. The zero-order valence-corrected chi connectivity index (χ0v) is 13.4. The minimum atomic E-state index is -0.419. The molecule has 1 aromatic carbocycles. The van der Waals surface area contributed by atoms with Gasteiger partial charge in [-0.15, -0.1) is 0 Å². The molecule has 0 spiro atoms. The molecule has 1 aromatic heterocycles. The van der Waals surface area contributed by atoms with Crippen molar-refractivity contribution in [3.8, 4) is 5.75 Å². The van der Waals surface area contributed by atoms with Crippen LogP contribution in [0.4, 0.5) is 5.69 Å². The molecule has 2 rings (SSSR count). The number of anilines is 1. The normalized spacial score (nSPS) is 10.3. The zero-order chi connectivity index (χ0) is 15.4. The molecule has 0 bridgehead atoms. The predicted octanol–water partition coefficient (Wildman–Crippen LogP) is 3.25. The summed E-state index contributed by atoms with van der Waals surface area (Å²) in [6.07, 6.45) is 1.40. The molecule has 0 radical (unpaired) electrons. The number of hydrogen-bond acceptors (Lipinski definition) is 4. The van der Waals surface area contributed by atoms with Crippen molar-refractivity contribution < 1.29 is 14.6 Å². The first-order valence-corrected chi connectivity index (χ1v) is 7.13. The molecular formula is C14H12BrClN2O3. The molecule has 1 heterocycles. The Hall–Kier alpha value is -1.63. The molecule has 0 fully saturated rings. The number of pyridine rings is 1. The molecule has 0 aliphatic rings. The summed E-state index contributed by atoms with van der Waals surface area (Å²) in [5.41, 5.74) is 1.15. The molecule has 2 N–H and O–H groups in total. The SMILES string of the molecule is COc1cc(C(=O)Nc2cccc(Br)c2Cl)ncc1CO. The van der Waals surface area contributed by atoms with E-state index >= 15 is 0 Å². The van der Waals surface area contributed by atoms with Crippen molar-refractivity contribution in [2.45, 2.75) is 6.61 Å². The third-order valence-electron chi connectivity index (χ3n) is 2.77. The predicted molar refractivity (Wildman–Crippen MR) is 83.8 cm³/mol. The second kappa shape index (κ2) is 6.89. The largest absolute Gasteiger partial charge is 0.496 e. The first-order chi connectivity index (χ1) is 10.1. The number of carbonyl (C=O) groups is 1. The second-order valence-electron chi connectivity index (χ2n) is 4.10. The van der Waals surface area contributed by atoms with E-state index in [1.54, 1.807) is 18.2 Å². The fraction of sp³-hybridized carbons (Fsp3) is 0.143. The molecule has 5 nitrogen and oxygen atoms in total. The first kappa shape index (κ1) is 15.8. The van der Waals surface area contributed by atoms with E-state index in [2.05, 4.69) is 26.2 Å². The molecule has 21 heavy (non-hydrogen) atoms. The Balaban J connectivity index is 2.26. The van der Waals surface area contributed by atoms with Crippen molar-refractivity contribution >= 4 is 39.1 Å². The summed E-state index contributed by atoms with van der Waals surface area (Å²) in [5.74, 6) is -0.0178. The summed E-state index contributed by atoms with van der Waals surface area (Å²) < 4.78 is 5.79. The number of methoxy groups -OCH3 is 1. The summed E-state index contributed by atoms with van der Waals surface area (Å²) in [6, 6.07) is 6.68. The Labute approximate surface area is 135 Å². The summed E-state index contributed by atoms with van der Waals surface area (Å²) >= 11 is 9.38. The molecule has 0 unspecified atom stereocenters. The number of aromatic nitrogens is 1. The minimum absolute atomic E-state index is 0.167. The number of carbonyl (C=O) groups excluding carboxylic acids is 1. The molecule has 0 saturated heterocycles. The van der Waals surface area contributed by atoms with Crippen LogP contribution in [0, 0.1) is 0 Å². The van der Waals surface area contributed by atoms with Crippen molar-refractivity contribution in [2.24, 2.45) is 0 Å². The lowest BCUT2D eigenvalue weighted by Gasteiger charge is -2.10. The van der Waals surface area contributed by atoms with Crippen LogP contribution in [-0.2, 0) is 6.61 Å². The van der Waals surface area contributed by atoms with Crippen LogP contribution in [0.5, 0.6) is 5.75 Å². The lowest BCUT2D eigenvalue weighted by atomic mass is 10.2. The van der Waals surface area contributed by atoms with Gasteiger partial charge in [-0.3, -0.25) is 9.78 Å². The number of amides is 1. The standard InChI is InChI=1S/C14H12BrClN2O3/c1-21-12-5-11(17-6-8(12)7-19)14(20)18-10-4-2-3-9(15)13(10)16/h2-6,19H,7H2,1H3,(H,18,20). The summed E-state index contributed by atoms with van der Waals surface area (Å²) in [7, 11) is 1.46. The third-order valence-corrected chi connectivity index (χ3v) is 4.06. The Bertz CT molecular complexity index is 679. The molecule has 7 heteroatoms. The van der Waals surface area contributed by atoms with Crippen LogP contribution in [0.2, 0.25) is 5.02 Å². The van der Waals surface area contributed by atoms with Crippen molar-refractivity contribution in [1.29, 1.82) is 0 Å². The smallest absolute Gasteiger partial charge is 0.274 e. The summed E-state index contributed by atoms with van der Waals surface area (Å²) in [4.78, 5) is 16.2. The van der Waals surface area contributed by atoms with Crippen LogP contribution in [0.1, 0.15) is 16.1 Å². The number of benzene rings is 1. The van der Waals surface area contributed by atoms with Gasteiger partial charge in [0.2, 0.25) is 0 Å². The van der Waals surface area contributed by atoms with Gasteiger partial charge in [0.15, 0.2) is 0 Å². The Kier molecular flexibility index (Phi) is 5.17. The van der Waals surface area contributed by atoms with Gasteiger partial charge in [0, 0.05) is 22.3 Å². The zero-order valence-electron chi connectivity index (χ0n) is 11.1. The van der Waals surface area contributed by atoms with E-state index < -0.39 is 5.91 Å².